The number of anilines is 1. The summed E-state index contributed by atoms with van der Waals surface area (Å²) >= 11 is 0. The Morgan fingerprint density at radius 3 is 2.61 bits per heavy atom. The largest absolute Gasteiger partial charge is 0.326 e. The highest BCUT2D eigenvalue weighted by atomic mass is 16.2. The van der Waals surface area contributed by atoms with Crippen LogP contribution in [0.5, 0.6) is 0 Å². The smallest absolute Gasteiger partial charge is 0.326 e. The molecule has 1 heterocycles. The van der Waals surface area contributed by atoms with E-state index in [4.69, 9.17) is 0 Å². The summed E-state index contributed by atoms with van der Waals surface area (Å²) in [5.74, 6) is -0.0554. The first-order chi connectivity index (χ1) is 8.29. The Balaban J connectivity index is 2.37. The molecule has 5 nitrogen and oxygen atoms in total. The van der Waals surface area contributed by atoms with Crippen LogP contribution in [0.2, 0.25) is 0 Å². The number of fused-ring (bicyclic) bond motifs is 1. The van der Waals surface area contributed by atoms with E-state index in [1.165, 1.54) is 4.57 Å². The Morgan fingerprint density at radius 2 is 2.00 bits per heavy atom. The summed E-state index contributed by atoms with van der Waals surface area (Å²) in [6.45, 7) is 5.56. The molecule has 1 amide bonds. The molecular formula is C13H17N3O2. The van der Waals surface area contributed by atoms with Gasteiger partial charge in [-0.15, -0.1) is 0 Å². The molecule has 0 radical (unpaired) electrons. The average Bonchev–Trinajstić information content (AvgIpc) is 2.53. The summed E-state index contributed by atoms with van der Waals surface area (Å²) < 4.78 is 1.53. The second-order valence-corrected chi connectivity index (χ2v) is 5.43. The summed E-state index contributed by atoms with van der Waals surface area (Å²) in [7, 11) is 1.70. The summed E-state index contributed by atoms with van der Waals surface area (Å²) in [6, 6.07) is 5.37. The van der Waals surface area contributed by atoms with Crippen LogP contribution in [-0.2, 0) is 11.8 Å². The van der Waals surface area contributed by atoms with Crippen LogP contribution in [0.4, 0.5) is 5.69 Å². The molecule has 0 spiro atoms. The Bertz CT molecular complexity index is 659. The van der Waals surface area contributed by atoms with E-state index in [-0.39, 0.29) is 11.6 Å². The summed E-state index contributed by atoms with van der Waals surface area (Å²) in [5, 5.41) is 2.83. The van der Waals surface area contributed by atoms with Crippen LogP contribution in [0.15, 0.2) is 23.0 Å². The van der Waals surface area contributed by atoms with Gasteiger partial charge in [-0.3, -0.25) is 9.36 Å². The van der Waals surface area contributed by atoms with Crippen molar-refractivity contribution in [3.8, 4) is 0 Å². The van der Waals surface area contributed by atoms with Crippen LogP contribution in [0.3, 0.4) is 0 Å². The zero-order valence-corrected chi connectivity index (χ0v) is 11.0. The molecule has 0 saturated heterocycles. The van der Waals surface area contributed by atoms with Crippen LogP contribution in [0.25, 0.3) is 11.0 Å². The van der Waals surface area contributed by atoms with E-state index in [9.17, 15) is 9.59 Å². The third kappa shape index (κ3) is 2.16. The minimum atomic E-state index is -0.445. The Kier molecular flexibility index (Phi) is 2.77. The molecule has 0 atom stereocenters. The Labute approximate surface area is 105 Å². The highest BCUT2D eigenvalue weighted by Gasteiger charge is 2.21. The van der Waals surface area contributed by atoms with Crippen molar-refractivity contribution < 1.29 is 4.79 Å². The van der Waals surface area contributed by atoms with Gasteiger partial charge in [-0.1, -0.05) is 20.8 Å². The van der Waals surface area contributed by atoms with Crippen LogP contribution in [-0.4, -0.2) is 15.5 Å². The number of aromatic nitrogens is 2. The molecule has 0 saturated carbocycles. The lowest BCUT2D eigenvalue weighted by Crippen LogP contribution is -2.27. The number of aryl methyl sites for hydroxylation is 1. The number of H-pyrrole nitrogens is 1. The minimum absolute atomic E-state index is 0.0554. The molecule has 2 N–H and O–H groups in total. The molecule has 0 aliphatic carbocycles. The number of carbonyl (C=O) groups excluding carboxylic acids is 1. The molecule has 2 rings (SSSR count). The lowest BCUT2D eigenvalue weighted by atomic mass is 9.95. The van der Waals surface area contributed by atoms with E-state index in [1.54, 1.807) is 19.2 Å². The topological polar surface area (TPSA) is 66.9 Å². The molecule has 0 bridgehead atoms. The number of imidazole rings is 1. The number of benzene rings is 1. The van der Waals surface area contributed by atoms with Crippen molar-refractivity contribution in [3.63, 3.8) is 0 Å². The molecule has 0 aliphatic rings. The highest BCUT2D eigenvalue weighted by molar-refractivity contribution is 5.96. The van der Waals surface area contributed by atoms with Crippen molar-refractivity contribution in [1.29, 1.82) is 0 Å². The number of amides is 1. The third-order valence-corrected chi connectivity index (χ3v) is 2.84. The first-order valence-corrected chi connectivity index (χ1v) is 5.79. The number of hydrogen-bond acceptors (Lipinski definition) is 2. The molecule has 2 aromatic rings. The summed E-state index contributed by atoms with van der Waals surface area (Å²) in [5.41, 5.74) is 1.61. The van der Waals surface area contributed by atoms with E-state index in [2.05, 4.69) is 10.3 Å². The fourth-order valence-electron chi connectivity index (χ4n) is 1.63. The molecule has 18 heavy (non-hydrogen) atoms. The van der Waals surface area contributed by atoms with Crippen LogP contribution in [0, 0.1) is 5.41 Å². The fourth-order valence-corrected chi connectivity index (χ4v) is 1.63. The number of hydrogen-bond donors (Lipinski definition) is 2. The lowest BCUT2D eigenvalue weighted by Gasteiger charge is -2.17. The lowest BCUT2D eigenvalue weighted by molar-refractivity contribution is -0.123. The zero-order valence-electron chi connectivity index (χ0n) is 11.0. The summed E-state index contributed by atoms with van der Waals surface area (Å²) in [4.78, 5) is 26.0. The van der Waals surface area contributed by atoms with Gasteiger partial charge in [0.05, 0.1) is 11.0 Å². The van der Waals surface area contributed by atoms with Crippen molar-refractivity contribution >= 4 is 22.6 Å². The predicted octanol–water partition coefficient (Wildman–Crippen LogP) is 1.85. The highest BCUT2D eigenvalue weighted by Crippen LogP contribution is 2.20. The fraction of sp³-hybridized carbons (Fsp3) is 0.385. The van der Waals surface area contributed by atoms with Gasteiger partial charge in [0.1, 0.15) is 0 Å². The molecular weight excluding hydrogens is 230 g/mol. The first-order valence-electron chi connectivity index (χ1n) is 5.79. The first kappa shape index (κ1) is 12.4. The van der Waals surface area contributed by atoms with E-state index in [0.29, 0.717) is 11.2 Å². The van der Waals surface area contributed by atoms with Crippen molar-refractivity contribution in [1.82, 2.24) is 9.55 Å². The van der Waals surface area contributed by atoms with Crippen LogP contribution < -0.4 is 11.0 Å². The van der Waals surface area contributed by atoms with Gasteiger partial charge in [-0.25, -0.2) is 4.79 Å². The average molecular weight is 247 g/mol. The van der Waals surface area contributed by atoms with Crippen LogP contribution >= 0.6 is 0 Å². The van der Waals surface area contributed by atoms with Gasteiger partial charge in [0.2, 0.25) is 5.91 Å². The molecule has 96 valence electrons. The maximum atomic E-state index is 11.9. The number of carbonyl (C=O) groups is 1. The number of nitrogens with zero attached hydrogens (tertiary/aromatic N) is 1. The maximum Gasteiger partial charge on any atom is 0.326 e. The van der Waals surface area contributed by atoms with E-state index in [0.717, 1.165) is 5.52 Å². The number of nitrogens with one attached hydrogen (secondary N) is 2. The SMILES string of the molecule is Cn1c(=O)[nH]c2cc(NC(=O)C(C)(C)C)ccc21. The quantitative estimate of drug-likeness (QED) is 0.807. The third-order valence-electron chi connectivity index (χ3n) is 2.84. The van der Waals surface area contributed by atoms with Gasteiger partial charge in [0, 0.05) is 18.2 Å². The standard InChI is InChI=1S/C13H17N3O2/c1-13(2,3)11(17)14-8-5-6-10-9(7-8)15-12(18)16(10)4/h5-7H,1-4H3,(H,14,17)(H,15,18). The molecule has 1 aromatic heterocycles. The van der Waals surface area contributed by atoms with Gasteiger partial charge >= 0.3 is 5.69 Å². The van der Waals surface area contributed by atoms with Crippen molar-refractivity contribution in [3.05, 3.63) is 28.7 Å². The van der Waals surface area contributed by atoms with E-state index >= 15 is 0 Å². The Morgan fingerprint density at radius 1 is 1.33 bits per heavy atom. The molecule has 5 heteroatoms. The van der Waals surface area contributed by atoms with E-state index in [1.807, 2.05) is 26.8 Å². The van der Waals surface area contributed by atoms with Gasteiger partial charge in [-0.2, -0.15) is 0 Å². The second kappa shape index (κ2) is 4.01. The maximum absolute atomic E-state index is 11.9. The van der Waals surface area contributed by atoms with Gasteiger partial charge in [0.15, 0.2) is 0 Å². The number of aromatic amines is 1. The second-order valence-electron chi connectivity index (χ2n) is 5.43. The molecule has 0 fully saturated rings. The minimum Gasteiger partial charge on any atom is -0.326 e. The monoisotopic (exact) mass is 247 g/mol. The van der Waals surface area contributed by atoms with Gasteiger partial charge in [0.25, 0.3) is 0 Å². The number of rotatable bonds is 1. The van der Waals surface area contributed by atoms with Crippen molar-refractivity contribution in [2.45, 2.75) is 20.8 Å². The molecule has 0 unspecified atom stereocenters. The zero-order chi connectivity index (χ0) is 13.5. The predicted molar refractivity (Wildman–Crippen MR) is 71.6 cm³/mol. The van der Waals surface area contributed by atoms with Crippen molar-refractivity contribution in [2.75, 3.05) is 5.32 Å². The van der Waals surface area contributed by atoms with Crippen molar-refractivity contribution in [2.24, 2.45) is 12.5 Å². The molecule has 1 aromatic carbocycles. The Hall–Kier alpha value is -2.04. The van der Waals surface area contributed by atoms with Crippen LogP contribution in [0.1, 0.15) is 20.8 Å². The normalized spacial score (nSPS) is 11.8. The molecule has 0 aliphatic heterocycles. The van der Waals surface area contributed by atoms with E-state index < -0.39 is 5.41 Å². The van der Waals surface area contributed by atoms with Gasteiger partial charge < -0.3 is 10.3 Å². The summed E-state index contributed by atoms with van der Waals surface area (Å²) in [6.07, 6.45) is 0. The van der Waals surface area contributed by atoms with Gasteiger partial charge in [-0.05, 0) is 18.2 Å².